The van der Waals surface area contributed by atoms with Gasteiger partial charge >= 0.3 is 0 Å². The van der Waals surface area contributed by atoms with Crippen LogP contribution in [-0.2, 0) is 0 Å². The summed E-state index contributed by atoms with van der Waals surface area (Å²) < 4.78 is 13.8. The topological polar surface area (TPSA) is 91.3 Å². The molecule has 0 amide bonds. The third-order valence-electron chi connectivity index (χ3n) is 7.70. The highest BCUT2D eigenvalue weighted by atomic mass is 35.5. The van der Waals surface area contributed by atoms with Crippen molar-refractivity contribution in [2.75, 3.05) is 36.8 Å². The Labute approximate surface area is 260 Å². The number of benzene rings is 3. The summed E-state index contributed by atoms with van der Waals surface area (Å²) in [4.78, 5) is 6.98. The van der Waals surface area contributed by atoms with Crippen molar-refractivity contribution in [2.24, 2.45) is 0 Å². The van der Waals surface area contributed by atoms with Crippen LogP contribution in [0.25, 0.3) is 10.9 Å². The maximum Gasteiger partial charge on any atom is 0.141 e. The van der Waals surface area contributed by atoms with Gasteiger partial charge in [0, 0.05) is 35.7 Å². The zero-order valence-electron chi connectivity index (χ0n) is 23.4. The van der Waals surface area contributed by atoms with Crippen LogP contribution in [0, 0.1) is 17.1 Å². The third-order valence-corrected chi connectivity index (χ3v) is 8.28. The monoisotopic (exact) mass is 616 g/mol. The molecule has 43 heavy (non-hydrogen) atoms. The number of nitrogens with zero attached hydrogens (tertiary/aromatic N) is 4. The largest absolute Gasteiger partial charge is 0.373 e. The van der Waals surface area contributed by atoms with Crippen molar-refractivity contribution in [3.8, 4) is 6.07 Å². The van der Waals surface area contributed by atoms with Gasteiger partial charge in [-0.1, -0.05) is 53.5 Å². The Bertz CT molecular complexity index is 1680. The first-order chi connectivity index (χ1) is 21.0. The quantitative estimate of drug-likeness (QED) is 0.150. The van der Waals surface area contributed by atoms with Crippen LogP contribution >= 0.6 is 23.2 Å². The van der Waals surface area contributed by atoms with E-state index in [1.807, 2.05) is 30.3 Å². The summed E-state index contributed by atoms with van der Waals surface area (Å²) in [5, 5.41) is 19.9. The van der Waals surface area contributed by atoms with Gasteiger partial charge in [-0.15, -0.1) is 5.53 Å². The molecule has 3 heterocycles. The number of fused-ring (bicyclic) bond motifs is 1. The van der Waals surface area contributed by atoms with E-state index in [1.165, 1.54) is 44.3 Å². The number of aromatic nitrogens is 1. The van der Waals surface area contributed by atoms with Crippen molar-refractivity contribution in [1.82, 2.24) is 25.9 Å². The van der Waals surface area contributed by atoms with Gasteiger partial charge in [0.15, 0.2) is 0 Å². The molecule has 0 aliphatic carbocycles. The van der Waals surface area contributed by atoms with Gasteiger partial charge < -0.3 is 21.0 Å². The van der Waals surface area contributed by atoms with E-state index in [0.717, 1.165) is 36.5 Å². The van der Waals surface area contributed by atoms with Crippen molar-refractivity contribution in [3.05, 3.63) is 106 Å². The van der Waals surface area contributed by atoms with Crippen molar-refractivity contribution in [2.45, 2.75) is 25.3 Å². The SMILES string of the molecule is N#Cc1cnc2c(Cl)cc(N[C@H](C3=CN(CCCN4CCCC4)NN3)c3ccccc3)cc2c1Nc1ccc(F)c(Cl)c1. The van der Waals surface area contributed by atoms with E-state index < -0.39 is 5.82 Å². The number of likely N-dealkylation sites (tertiary alicyclic amines) is 1. The minimum Gasteiger partial charge on any atom is -0.373 e. The van der Waals surface area contributed by atoms with Gasteiger partial charge in [0.05, 0.1) is 38.6 Å². The molecule has 3 aromatic carbocycles. The number of rotatable bonds is 10. The molecule has 0 spiro atoms. The van der Waals surface area contributed by atoms with Gasteiger partial charge in [-0.05, 0) is 74.8 Å². The molecule has 4 N–H and O–H groups in total. The Morgan fingerprint density at radius 3 is 2.56 bits per heavy atom. The minimum absolute atomic E-state index is 0.0241. The van der Waals surface area contributed by atoms with Gasteiger partial charge in [0.2, 0.25) is 0 Å². The van der Waals surface area contributed by atoms with Crippen LogP contribution in [0.2, 0.25) is 10.0 Å². The Morgan fingerprint density at radius 2 is 1.79 bits per heavy atom. The second kappa shape index (κ2) is 13.1. The highest BCUT2D eigenvalue weighted by molar-refractivity contribution is 6.36. The van der Waals surface area contributed by atoms with Crippen LogP contribution in [0.1, 0.15) is 36.4 Å². The highest BCUT2D eigenvalue weighted by Gasteiger charge is 2.23. The average molecular weight is 618 g/mol. The lowest BCUT2D eigenvalue weighted by Gasteiger charge is -2.22. The normalized spacial score (nSPS) is 15.7. The highest BCUT2D eigenvalue weighted by Crippen LogP contribution is 2.37. The fourth-order valence-corrected chi connectivity index (χ4v) is 5.99. The molecular formula is C32H31Cl2FN8. The lowest BCUT2D eigenvalue weighted by Crippen LogP contribution is -2.38. The van der Waals surface area contributed by atoms with Gasteiger partial charge in [-0.3, -0.25) is 9.99 Å². The fraction of sp³-hybridized carbons (Fsp3) is 0.250. The first kappa shape index (κ1) is 29.0. The van der Waals surface area contributed by atoms with E-state index >= 15 is 0 Å². The molecule has 0 radical (unpaired) electrons. The molecule has 11 heteroatoms. The van der Waals surface area contributed by atoms with E-state index in [-0.39, 0.29) is 11.1 Å². The van der Waals surface area contributed by atoms with Crippen LogP contribution in [0.4, 0.5) is 21.5 Å². The minimum atomic E-state index is -0.525. The number of hydrazine groups is 2. The molecule has 4 aromatic rings. The molecule has 1 aromatic heterocycles. The smallest absolute Gasteiger partial charge is 0.141 e. The fourth-order valence-electron chi connectivity index (χ4n) is 5.54. The van der Waals surface area contributed by atoms with E-state index in [2.05, 4.69) is 60.9 Å². The Hall–Kier alpha value is -4.07. The summed E-state index contributed by atoms with van der Waals surface area (Å²) in [6.45, 7) is 4.36. The number of pyridine rings is 1. The molecular weight excluding hydrogens is 586 g/mol. The summed E-state index contributed by atoms with van der Waals surface area (Å²) in [5.74, 6) is -0.525. The average Bonchev–Trinajstić information content (AvgIpc) is 3.71. The number of halogens is 3. The standard InChI is InChI=1S/C32H31Cl2FN8/c33-26-16-23(9-10-28(26)35)38-30-22(18-36)19-37-32-25(30)15-24(17-27(32)34)39-31(21-7-2-1-3-8-21)29-20-43(41-40-29)14-6-13-42-11-4-5-12-42/h1-3,7-10,15-17,19-20,31,39-41H,4-6,11-14H2,(H,37,38)/t31-/m0/s1. The zero-order valence-corrected chi connectivity index (χ0v) is 24.9. The van der Waals surface area contributed by atoms with Crippen molar-refractivity contribution >= 4 is 51.2 Å². The van der Waals surface area contributed by atoms with Gasteiger partial charge in [0.1, 0.15) is 11.9 Å². The van der Waals surface area contributed by atoms with E-state index in [0.29, 0.717) is 32.9 Å². The number of anilines is 3. The lowest BCUT2D eigenvalue weighted by molar-refractivity contribution is 0.243. The van der Waals surface area contributed by atoms with Crippen LogP contribution in [-0.4, -0.2) is 41.1 Å². The maximum atomic E-state index is 13.8. The summed E-state index contributed by atoms with van der Waals surface area (Å²) in [6, 6.07) is 20.1. The number of nitriles is 1. The molecule has 2 aliphatic rings. The Balaban J connectivity index is 1.30. The predicted molar refractivity (Wildman–Crippen MR) is 170 cm³/mol. The molecule has 0 unspecified atom stereocenters. The third kappa shape index (κ3) is 6.63. The molecule has 0 bridgehead atoms. The zero-order chi connectivity index (χ0) is 29.8. The number of hydrogen-bond acceptors (Lipinski definition) is 8. The first-order valence-electron chi connectivity index (χ1n) is 14.3. The summed E-state index contributed by atoms with van der Waals surface area (Å²) in [6.07, 6.45) is 7.22. The van der Waals surface area contributed by atoms with E-state index in [9.17, 15) is 9.65 Å². The molecule has 220 valence electrons. The van der Waals surface area contributed by atoms with Crippen molar-refractivity contribution in [1.29, 1.82) is 5.26 Å². The summed E-state index contributed by atoms with van der Waals surface area (Å²) in [5.41, 5.74) is 11.2. The second-order valence-corrected chi connectivity index (χ2v) is 11.5. The van der Waals surface area contributed by atoms with Gasteiger partial charge in [-0.2, -0.15) is 5.26 Å². The molecule has 1 fully saturated rings. The van der Waals surface area contributed by atoms with E-state index in [1.54, 1.807) is 6.07 Å². The van der Waals surface area contributed by atoms with Crippen molar-refractivity contribution < 1.29 is 4.39 Å². The molecule has 2 aliphatic heterocycles. The van der Waals surface area contributed by atoms with E-state index in [4.69, 9.17) is 23.2 Å². The Kier molecular flexibility index (Phi) is 8.82. The Morgan fingerprint density at radius 1 is 1.00 bits per heavy atom. The molecule has 8 nitrogen and oxygen atoms in total. The molecule has 1 atom stereocenters. The molecule has 6 rings (SSSR count). The van der Waals surface area contributed by atoms with Crippen LogP contribution < -0.4 is 21.6 Å². The summed E-state index contributed by atoms with van der Waals surface area (Å²) in [7, 11) is 0. The lowest BCUT2D eigenvalue weighted by atomic mass is 10.0. The van der Waals surface area contributed by atoms with Crippen molar-refractivity contribution in [3.63, 3.8) is 0 Å². The van der Waals surface area contributed by atoms with Gasteiger partial charge in [-0.25, -0.2) is 4.39 Å². The second-order valence-electron chi connectivity index (χ2n) is 10.7. The van der Waals surface area contributed by atoms with Crippen LogP contribution in [0.5, 0.6) is 0 Å². The predicted octanol–water partition coefficient (Wildman–Crippen LogP) is 7.10. The number of hydrogen-bond donors (Lipinski definition) is 4. The first-order valence-corrected chi connectivity index (χ1v) is 15.0. The molecule has 0 saturated carbocycles. The summed E-state index contributed by atoms with van der Waals surface area (Å²) >= 11 is 12.8. The number of nitrogens with one attached hydrogen (secondary N) is 4. The molecule has 1 saturated heterocycles. The van der Waals surface area contributed by atoms with Crippen LogP contribution in [0.15, 0.2) is 78.8 Å². The van der Waals surface area contributed by atoms with Gasteiger partial charge in [0.25, 0.3) is 0 Å². The van der Waals surface area contributed by atoms with Crippen LogP contribution in [0.3, 0.4) is 0 Å². The maximum absolute atomic E-state index is 13.8.